The van der Waals surface area contributed by atoms with Crippen molar-refractivity contribution in [1.29, 1.82) is 0 Å². The molecule has 8 rings (SSSR count). The van der Waals surface area contributed by atoms with Crippen LogP contribution in [-0.2, 0) is 22.7 Å². The van der Waals surface area contributed by atoms with E-state index in [0.717, 1.165) is 83.7 Å². The van der Waals surface area contributed by atoms with Crippen molar-refractivity contribution < 1.29 is 28.9 Å². The maximum atomic E-state index is 12.6. The van der Waals surface area contributed by atoms with Crippen LogP contribution in [0.25, 0.3) is 22.2 Å². The zero-order valence-electron chi connectivity index (χ0n) is 27.1. The minimum atomic E-state index is -0.919. The molecule has 4 aromatic rings. The molecule has 2 saturated heterocycles. The normalized spacial score (nSPS) is 18.1. The molecule has 1 amide bonds. The molecule has 9 nitrogen and oxygen atoms in total. The summed E-state index contributed by atoms with van der Waals surface area (Å²) in [5.41, 5.74) is 7.69. The number of amides is 1. The molecule has 3 fully saturated rings. The molecule has 1 aliphatic carbocycles. The highest BCUT2D eigenvalue weighted by Crippen LogP contribution is 2.49. The summed E-state index contributed by atoms with van der Waals surface area (Å²) in [5.74, 6) is 1.05. The van der Waals surface area contributed by atoms with Gasteiger partial charge in [-0.2, -0.15) is 0 Å². The number of carbonyl (C=O) groups is 2. The number of halogens is 1. The molecule has 4 heterocycles. The summed E-state index contributed by atoms with van der Waals surface area (Å²) in [6.45, 7) is 5.08. The molecule has 0 unspecified atom stereocenters. The molecular formula is C38H42ClN3O6. The first kappa shape index (κ1) is 32.3. The smallest absolute Gasteiger partial charge is 0.335 e. The lowest BCUT2D eigenvalue weighted by molar-refractivity contribution is -0.117. The predicted octanol–water partition coefficient (Wildman–Crippen LogP) is 7.41. The third kappa shape index (κ3) is 5.87. The second-order valence-corrected chi connectivity index (χ2v) is 13.1. The van der Waals surface area contributed by atoms with E-state index in [9.17, 15) is 14.7 Å². The van der Waals surface area contributed by atoms with Crippen LogP contribution in [0.5, 0.6) is 11.5 Å². The van der Waals surface area contributed by atoms with Crippen molar-refractivity contribution in [3.63, 3.8) is 0 Å². The van der Waals surface area contributed by atoms with Crippen LogP contribution in [0.4, 0.5) is 11.4 Å². The third-order valence-electron chi connectivity index (χ3n) is 10.3. The molecule has 48 heavy (non-hydrogen) atoms. The van der Waals surface area contributed by atoms with E-state index in [0.29, 0.717) is 56.6 Å². The van der Waals surface area contributed by atoms with Gasteiger partial charge in [-0.25, -0.2) is 4.79 Å². The standard InChI is InChI=1S/C38H41N3O6.ClH/c42-34-10-5-15-40(34)28-12-14-31(39-16-19-45-20-17-39)27(22-28)24-47-33-9-4-8-30-36-35(25-6-2-1-3-7-25)29-13-11-26(38(43)44)23-32(29)41(36)18-21-46-37(30)33;/h4,8-9,11-14,22-23,25H,1-3,5-7,10,15-21,24H2,(H,43,44);1H. The van der Waals surface area contributed by atoms with E-state index in [2.05, 4.69) is 33.7 Å². The topological polar surface area (TPSA) is 93.5 Å². The van der Waals surface area contributed by atoms with E-state index in [4.69, 9.17) is 14.2 Å². The predicted molar refractivity (Wildman–Crippen MR) is 188 cm³/mol. The summed E-state index contributed by atoms with van der Waals surface area (Å²) in [6.07, 6.45) is 7.36. The number of carboxylic acid groups (broad SMARTS) is 1. The van der Waals surface area contributed by atoms with Crippen molar-refractivity contribution in [2.75, 3.05) is 49.3 Å². The quantitative estimate of drug-likeness (QED) is 0.219. The van der Waals surface area contributed by atoms with Gasteiger partial charge in [0.2, 0.25) is 5.91 Å². The van der Waals surface area contributed by atoms with Crippen LogP contribution in [0.1, 0.15) is 72.3 Å². The van der Waals surface area contributed by atoms with Crippen molar-refractivity contribution in [2.45, 2.75) is 64.0 Å². The number of nitrogens with zero attached hydrogens (tertiary/aromatic N) is 3. The molecule has 1 N–H and O–H groups in total. The van der Waals surface area contributed by atoms with Crippen LogP contribution in [0.15, 0.2) is 54.6 Å². The SMILES string of the molecule is Cl.O=C(O)c1ccc2c(C3CCCCC3)c3n(c2c1)CCOc1c(OCc2cc(N4CCCC4=O)ccc2N2CCOCC2)cccc1-3. The number of hydrogen-bond acceptors (Lipinski definition) is 6. The summed E-state index contributed by atoms with van der Waals surface area (Å²) in [7, 11) is 0. The molecule has 4 aliphatic rings. The lowest BCUT2D eigenvalue weighted by atomic mass is 9.81. The van der Waals surface area contributed by atoms with Gasteiger partial charge in [-0.1, -0.05) is 31.4 Å². The number of aromatic nitrogens is 1. The first-order chi connectivity index (χ1) is 23.1. The molecule has 3 aromatic carbocycles. The van der Waals surface area contributed by atoms with Crippen molar-refractivity contribution in [1.82, 2.24) is 4.57 Å². The van der Waals surface area contributed by atoms with Crippen molar-refractivity contribution >= 4 is 46.6 Å². The number of rotatable bonds is 7. The lowest BCUT2D eigenvalue weighted by Crippen LogP contribution is -2.37. The summed E-state index contributed by atoms with van der Waals surface area (Å²) < 4.78 is 21.1. The summed E-state index contributed by atoms with van der Waals surface area (Å²) in [6, 6.07) is 18.0. The molecule has 10 heteroatoms. The number of hydrogen-bond donors (Lipinski definition) is 1. The van der Waals surface area contributed by atoms with E-state index in [1.54, 1.807) is 6.07 Å². The largest absolute Gasteiger partial charge is 0.487 e. The highest BCUT2D eigenvalue weighted by Gasteiger charge is 2.31. The third-order valence-corrected chi connectivity index (χ3v) is 10.3. The fraction of sp³-hybridized carbons (Fsp3) is 0.421. The highest BCUT2D eigenvalue weighted by molar-refractivity contribution is 5.99. The van der Waals surface area contributed by atoms with Gasteiger partial charge in [0.1, 0.15) is 13.2 Å². The maximum absolute atomic E-state index is 12.6. The zero-order chi connectivity index (χ0) is 31.9. The number of ether oxygens (including phenoxy) is 3. The first-order valence-electron chi connectivity index (χ1n) is 17.1. The minimum absolute atomic E-state index is 0. The monoisotopic (exact) mass is 671 g/mol. The Hall–Kier alpha value is -4.21. The van der Waals surface area contributed by atoms with E-state index in [1.165, 1.54) is 24.8 Å². The molecule has 1 aromatic heterocycles. The number of anilines is 2. The van der Waals surface area contributed by atoms with E-state index >= 15 is 0 Å². The molecule has 1 saturated carbocycles. The molecule has 0 bridgehead atoms. The number of carboxylic acids is 1. The summed E-state index contributed by atoms with van der Waals surface area (Å²) >= 11 is 0. The van der Waals surface area contributed by atoms with Crippen molar-refractivity contribution in [2.24, 2.45) is 0 Å². The number of carbonyl (C=O) groups excluding carboxylic acids is 1. The first-order valence-corrected chi connectivity index (χ1v) is 17.1. The van der Waals surface area contributed by atoms with E-state index in [-0.39, 0.29) is 18.3 Å². The van der Waals surface area contributed by atoms with Gasteiger partial charge in [-0.15, -0.1) is 12.4 Å². The Morgan fingerprint density at radius 2 is 1.75 bits per heavy atom. The Bertz CT molecular complexity index is 1840. The van der Waals surface area contributed by atoms with E-state index < -0.39 is 5.97 Å². The Kier molecular flexibility index (Phi) is 9.25. The Labute approximate surface area is 286 Å². The number of aromatic carboxylic acids is 1. The van der Waals surface area contributed by atoms with E-state index in [1.807, 2.05) is 29.2 Å². The minimum Gasteiger partial charge on any atom is -0.487 e. The molecule has 252 valence electrons. The Morgan fingerprint density at radius 1 is 0.917 bits per heavy atom. The number of benzene rings is 3. The van der Waals surface area contributed by atoms with Gasteiger partial charge in [0.25, 0.3) is 0 Å². The van der Waals surface area contributed by atoms with Gasteiger partial charge >= 0.3 is 5.97 Å². The maximum Gasteiger partial charge on any atom is 0.335 e. The fourth-order valence-electron chi connectivity index (χ4n) is 8.09. The molecule has 3 aliphatic heterocycles. The van der Waals surface area contributed by atoms with Crippen LogP contribution in [0.2, 0.25) is 0 Å². The van der Waals surface area contributed by atoms with Crippen LogP contribution in [0.3, 0.4) is 0 Å². The zero-order valence-corrected chi connectivity index (χ0v) is 27.9. The Morgan fingerprint density at radius 3 is 2.52 bits per heavy atom. The van der Waals surface area contributed by atoms with Gasteiger partial charge in [-0.05, 0) is 73.2 Å². The number of fused-ring (bicyclic) bond motifs is 5. The van der Waals surface area contributed by atoms with Crippen LogP contribution in [0, 0.1) is 0 Å². The van der Waals surface area contributed by atoms with Gasteiger partial charge in [0.15, 0.2) is 11.5 Å². The average Bonchev–Trinajstić information content (AvgIpc) is 3.62. The summed E-state index contributed by atoms with van der Waals surface area (Å²) in [4.78, 5) is 28.8. The van der Waals surface area contributed by atoms with Gasteiger partial charge in [0.05, 0.1) is 31.0 Å². The van der Waals surface area contributed by atoms with Gasteiger partial charge in [-0.3, -0.25) is 4.79 Å². The summed E-state index contributed by atoms with van der Waals surface area (Å²) in [5, 5.41) is 11.0. The second-order valence-electron chi connectivity index (χ2n) is 13.1. The second kappa shape index (κ2) is 13.7. The van der Waals surface area contributed by atoms with Gasteiger partial charge < -0.3 is 33.7 Å². The molecule has 0 atom stereocenters. The number of para-hydroxylation sites is 1. The van der Waals surface area contributed by atoms with Crippen LogP contribution in [-0.4, -0.2) is 61.0 Å². The molecular weight excluding hydrogens is 630 g/mol. The van der Waals surface area contributed by atoms with Crippen molar-refractivity contribution in [3.05, 3.63) is 71.3 Å². The van der Waals surface area contributed by atoms with Gasteiger partial charge in [0, 0.05) is 59.5 Å². The fourth-order valence-corrected chi connectivity index (χ4v) is 8.09. The molecule has 0 radical (unpaired) electrons. The number of morpholine rings is 1. The van der Waals surface area contributed by atoms with Crippen LogP contribution >= 0.6 is 12.4 Å². The lowest BCUT2D eigenvalue weighted by Gasteiger charge is -2.31. The average molecular weight is 672 g/mol. The van der Waals surface area contributed by atoms with Crippen LogP contribution < -0.4 is 19.3 Å². The Balaban J connectivity index is 0.00000364. The molecule has 0 spiro atoms. The van der Waals surface area contributed by atoms with Crippen molar-refractivity contribution in [3.8, 4) is 22.8 Å². The highest BCUT2D eigenvalue weighted by atomic mass is 35.5.